The van der Waals surface area contributed by atoms with Crippen LogP contribution < -0.4 is 0 Å². The predicted molar refractivity (Wildman–Crippen MR) is 105 cm³/mol. The molecule has 0 aliphatic carbocycles. The average molecular weight is 429 g/mol. The van der Waals surface area contributed by atoms with Crippen LogP contribution in [0.3, 0.4) is 0 Å². The minimum absolute atomic E-state index is 0.131. The zero-order valence-electron chi connectivity index (χ0n) is 13.2. The molecule has 1 N–H and O–H groups in total. The quantitative estimate of drug-likeness (QED) is 0.417. The van der Waals surface area contributed by atoms with Crippen molar-refractivity contribution in [1.82, 2.24) is 4.98 Å². The van der Waals surface area contributed by atoms with Crippen molar-refractivity contribution in [2.45, 2.75) is 0 Å². The van der Waals surface area contributed by atoms with Gasteiger partial charge in [0.25, 0.3) is 0 Å². The first-order chi connectivity index (χ1) is 12.5. The fourth-order valence-electron chi connectivity index (χ4n) is 2.78. The smallest absolute Gasteiger partial charge is 0.336 e. The van der Waals surface area contributed by atoms with Crippen molar-refractivity contribution in [3.8, 4) is 22.8 Å². The van der Waals surface area contributed by atoms with Crippen LogP contribution in [0.25, 0.3) is 33.7 Å². The summed E-state index contributed by atoms with van der Waals surface area (Å²) in [6, 6.07) is 17.8. The first kappa shape index (κ1) is 16.8. The summed E-state index contributed by atoms with van der Waals surface area (Å²) in [5.74, 6) is 0.121. The van der Waals surface area contributed by atoms with Gasteiger partial charge in [-0.2, -0.15) is 0 Å². The van der Waals surface area contributed by atoms with Gasteiger partial charge in [-0.15, -0.1) is 0 Å². The molecule has 128 valence electrons. The van der Waals surface area contributed by atoms with Crippen molar-refractivity contribution >= 4 is 44.4 Å². The van der Waals surface area contributed by atoms with E-state index in [0.717, 1.165) is 10.0 Å². The van der Waals surface area contributed by atoms with E-state index >= 15 is 0 Å². The maximum absolute atomic E-state index is 11.7. The third-order valence-corrected chi connectivity index (χ3v) is 4.93. The lowest BCUT2D eigenvalue weighted by molar-refractivity contribution is 0.0699. The Kier molecular flexibility index (Phi) is 4.26. The third kappa shape index (κ3) is 3.00. The van der Waals surface area contributed by atoms with Crippen LogP contribution in [0, 0.1) is 0 Å². The molecule has 0 atom stereocenters. The van der Waals surface area contributed by atoms with E-state index in [9.17, 15) is 9.90 Å². The molecular formula is C20H11BrClNO3. The topological polar surface area (TPSA) is 63.3 Å². The monoisotopic (exact) mass is 427 g/mol. The molecule has 2 aromatic heterocycles. The van der Waals surface area contributed by atoms with E-state index in [1.165, 1.54) is 6.07 Å². The Labute approximate surface area is 162 Å². The standard InChI is InChI=1S/C20H11BrClNO3/c21-15-4-2-1-3-12(15)18-7-8-19(26-18)17-10-14(20(24)25)13-9-11(22)5-6-16(13)23-17/h1-10H,(H,24,25). The van der Waals surface area contributed by atoms with Crippen LogP contribution >= 0.6 is 27.5 Å². The lowest BCUT2D eigenvalue weighted by atomic mass is 10.1. The van der Waals surface area contributed by atoms with Gasteiger partial charge in [-0.1, -0.05) is 45.7 Å². The molecule has 0 unspecified atom stereocenters. The van der Waals surface area contributed by atoms with Gasteiger partial charge >= 0.3 is 5.97 Å². The van der Waals surface area contributed by atoms with Gasteiger partial charge in [0.05, 0.1) is 11.1 Å². The SMILES string of the molecule is O=C(O)c1cc(-c2ccc(-c3ccccc3Br)o2)nc2ccc(Cl)cc12. The lowest BCUT2D eigenvalue weighted by Gasteiger charge is -2.06. The molecule has 0 saturated carbocycles. The summed E-state index contributed by atoms with van der Waals surface area (Å²) in [4.78, 5) is 16.2. The Balaban J connectivity index is 1.86. The zero-order chi connectivity index (χ0) is 18.3. The molecule has 0 spiro atoms. The molecule has 0 fully saturated rings. The van der Waals surface area contributed by atoms with Crippen LogP contribution in [-0.4, -0.2) is 16.1 Å². The first-order valence-electron chi connectivity index (χ1n) is 7.71. The summed E-state index contributed by atoms with van der Waals surface area (Å²) in [6.07, 6.45) is 0. The molecule has 0 amide bonds. The van der Waals surface area contributed by atoms with Crippen LogP contribution in [-0.2, 0) is 0 Å². The molecule has 26 heavy (non-hydrogen) atoms. The zero-order valence-corrected chi connectivity index (χ0v) is 15.6. The Bertz CT molecular complexity index is 1150. The molecule has 2 aromatic carbocycles. The van der Waals surface area contributed by atoms with E-state index in [1.807, 2.05) is 30.3 Å². The molecule has 4 rings (SSSR count). The van der Waals surface area contributed by atoms with Crippen LogP contribution in [0.1, 0.15) is 10.4 Å². The van der Waals surface area contributed by atoms with Crippen LogP contribution in [0.15, 0.2) is 69.6 Å². The second kappa shape index (κ2) is 6.59. The summed E-state index contributed by atoms with van der Waals surface area (Å²) in [5, 5.41) is 10.5. The van der Waals surface area contributed by atoms with Gasteiger partial charge in [0.15, 0.2) is 5.76 Å². The molecular weight excluding hydrogens is 418 g/mol. The number of benzene rings is 2. The fourth-order valence-corrected chi connectivity index (χ4v) is 3.43. The van der Waals surface area contributed by atoms with Crippen LogP contribution in [0.2, 0.25) is 5.02 Å². The number of hydrogen-bond donors (Lipinski definition) is 1. The number of fused-ring (bicyclic) bond motifs is 1. The van der Waals surface area contributed by atoms with E-state index in [4.69, 9.17) is 16.0 Å². The third-order valence-electron chi connectivity index (χ3n) is 4.00. The van der Waals surface area contributed by atoms with E-state index in [-0.39, 0.29) is 5.56 Å². The Morgan fingerprint density at radius 1 is 1.04 bits per heavy atom. The van der Waals surface area contributed by atoms with E-state index < -0.39 is 5.97 Å². The molecule has 6 heteroatoms. The predicted octanol–water partition coefficient (Wildman–Crippen LogP) is 6.28. The Hall–Kier alpha value is -2.63. The summed E-state index contributed by atoms with van der Waals surface area (Å²) >= 11 is 9.50. The number of aromatic nitrogens is 1. The second-order valence-electron chi connectivity index (χ2n) is 5.67. The number of rotatable bonds is 3. The largest absolute Gasteiger partial charge is 0.478 e. The van der Waals surface area contributed by atoms with Crippen molar-refractivity contribution in [2.24, 2.45) is 0 Å². The number of furan rings is 1. The Morgan fingerprint density at radius 2 is 1.81 bits per heavy atom. The molecule has 0 radical (unpaired) electrons. The van der Waals surface area contributed by atoms with Gasteiger partial charge in [-0.3, -0.25) is 0 Å². The molecule has 0 saturated heterocycles. The van der Waals surface area contributed by atoms with E-state index in [2.05, 4.69) is 20.9 Å². The molecule has 0 aliphatic heterocycles. The minimum Gasteiger partial charge on any atom is -0.478 e. The normalized spacial score (nSPS) is 11.0. The second-order valence-corrected chi connectivity index (χ2v) is 6.96. The summed E-state index contributed by atoms with van der Waals surface area (Å²) in [5.41, 5.74) is 2.04. The summed E-state index contributed by atoms with van der Waals surface area (Å²) < 4.78 is 6.84. The van der Waals surface area contributed by atoms with Gasteiger partial charge < -0.3 is 9.52 Å². The maximum Gasteiger partial charge on any atom is 0.336 e. The number of halogens is 2. The number of carboxylic acid groups (broad SMARTS) is 1. The highest BCUT2D eigenvalue weighted by molar-refractivity contribution is 9.10. The number of aromatic carboxylic acids is 1. The highest BCUT2D eigenvalue weighted by Crippen LogP contribution is 2.33. The maximum atomic E-state index is 11.7. The van der Waals surface area contributed by atoms with E-state index in [1.54, 1.807) is 24.3 Å². The van der Waals surface area contributed by atoms with Gasteiger partial charge in [0.2, 0.25) is 0 Å². The molecule has 4 aromatic rings. The Morgan fingerprint density at radius 3 is 2.58 bits per heavy atom. The summed E-state index contributed by atoms with van der Waals surface area (Å²) in [7, 11) is 0. The molecule has 0 bridgehead atoms. The van der Waals surface area contributed by atoms with Gasteiger partial charge in [-0.05, 0) is 42.5 Å². The summed E-state index contributed by atoms with van der Waals surface area (Å²) in [6.45, 7) is 0. The number of carbonyl (C=O) groups is 1. The molecule has 0 aliphatic rings. The van der Waals surface area contributed by atoms with E-state index in [0.29, 0.717) is 33.1 Å². The highest BCUT2D eigenvalue weighted by atomic mass is 79.9. The van der Waals surface area contributed by atoms with Crippen molar-refractivity contribution in [3.63, 3.8) is 0 Å². The minimum atomic E-state index is -1.04. The van der Waals surface area contributed by atoms with Gasteiger partial charge in [0.1, 0.15) is 11.5 Å². The van der Waals surface area contributed by atoms with Crippen LogP contribution in [0.5, 0.6) is 0 Å². The van der Waals surface area contributed by atoms with Crippen molar-refractivity contribution in [2.75, 3.05) is 0 Å². The highest BCUT2D eigenvalue weighted by Gasteiger charge is 2.16. The fraction of sp³-hybridized carbons (Fsp3) is 0. The van der Waals surface area contributed by atoms with Crippen LogP contribution in [0.4, 0.5) is 0 Å². The first-order valence-corrected chi connectivity index (χ1v) is 8.89. The number of nitrogens with zero attached hydrogens (tertiary/aromatic N) is 1. The number of carboxylic acids is 1. The van der Waals surface area contributed by atoms with Crippen molar-refractivity contribution in [1.29, 1.82) is 0 Å². The number of hydrogen-bond acceptors (Lipinski definition) is 3. The molecule has 4 nitrogen and oxygen atoms in total. The van der Waals surface area contributed by atoms with Gasteiger partial charge in [0, 0.05) is 20.4 Å². The van der Waals surface area contributed by atoms with Crippen molar-refractivity contribution in [3.05, 3.63) is 75.7 Å². The molecule has 2 heterocycles. The van der Waals surface area contributed by atoms with Crippen molar-refractivity contribution < 1.29 is 14.3 Å². The average Bonchev–Trinajstić information content (AvgIpc) is 3.11. The number of pyridine rings is 1. The van der Waals surface area contributed by atoms with Gasteiger partial charge in [-0.25, -0.2) is 9.78 Å². The lowest BCUT2D eigenvalue weighted by Crippen LogP contribution is -2.00.